The zero-order valence-corrected chi connectivity index (χ0v) is 20.6. The van der Waals surface area contributed by atoms with Crippen molar-refractivity contribution in [2.75, 3.05) is 26.2 Å². The smallest absolute Gasteiger partial charge is 0.139 e. The van der Waals surface area contributed by atoms with Crippen molar-refractivity contribution in [3.8, 4) is 5.75 Å². The minimum atomic E-state index is -0.156. The van der Waals surface area contributed by atoms with Gasteiger partial charge in [-0.05, 0) is 91.3 Å². The van der Waals surface area contributed by atoms with E-state index < -0.39 is 0 Å². The maximum atomic E-state index is 13.1. The van der Waals surface area contributed by atoms with Crippen molar-refractivity contribution in [2.24, 2.45) is 17.3 Å². The topological polar surface area (TPSA) is 29.5 Å². The quantitative estimate of drug-likeness (QED) is 0.506. The summed E-state index contributed by atoms with van der Waals surface area (Å²) in [5, 5.41) is 0. The Labute approximate surface area is 199 Å². The van der Waals surface area contributed by atoms with E-state index in [2.05, 4.69) is 74.2 Å². The van der Waals surface area contributed by atoms with Gasteiger partial charge in [0, 0.05) is 18.4 Å². The summed E-state index contributed by atoms with van der Waals surface area (Å²) in [4.78, 5) is 15.5. The van der Waals surface area contributed by atoms with Gasteiger partial charge in [0.1, 0.15) is 18.1 Å². The lowest BCUT2D eigenvalue weighted by Crippen LogP contribution is -2.45. The fourth-order valence-electron chi connectivity index (χ4n) is 7.39. The average molecular weight is 446 g/mol. The van der Waals surface area contributed by atoms with Crippen molar-refractivity contribution in [2.45, 2.75) is 64.7 Å². The van der Waals surface area contributed by atoms with E-state index >= 15 is 0 Å². The first-order valence-electron chi connectivity index (χ1n) is 13.1. The van der Waals surface area contributed by atoms with Gasteiger partial charge in [-0.2, -0.15) is 0 Å². The summed E-state index contributed by atoms with van der Waals surface area (Å²) in [6.45, 7) is 10.5. The first-order chi connectivity index (χ1) is 16.0. The summed E-state index contributed by atoms with van der Waals surface area (Å²) in [6.07, 6.45) is 5.22. The highest BCUT2D eigenvalue weighted by Crippen LogP contribution is 2.63. The molecule has 2 aromatic rings. The molecule has 176 valence electrons. The highest BCUT2D eigenvalue weighted by molar-refractivity contribution is 5.87. The van der Waals surface area contributed by atoms with Crippen molar-refractivity contribution in [1.29, 1.82) is 0 Å². The van der Waals surface area contributed by atoms with Gasteiger partial charge in [0.2, 0.25) is 0 Å². The summed E-state index contributed by atoms with van der Waals surface area (Å²) in [5.41, 5.74) is 4.28. The molecule has 0 spiro atoms. The number of Topliss-reactive ketones (excluding diaryl/α,β-unsaturated/α-hetero) is 1. The van der Waals surface area contributed by atoms with Gasteiger partial charge in [0.25, 0.3) is 0 Å². The third-order valence-electron chi connectivity index (χ3n) is 9.23. The second-order valence-corrected chi connectivity index (χ2v) is 10.7. The number of ether oxygens (including phenoxy) is 1. The van der Waals surface area contributed by atoms with E-state index in [4.69, 9.17) is 4.74 Å². The molecule has 3 aliphatic rings. The number of nitrogens with zero attached hydrogens (tertiary/aromatic N) is 1. The largest absolute Gasteiger partial charge is 0.492 e. The van der Waals surface area contributed by atoms with Crippen LogP contribution in [0.5, 0.6) is 5.75 Å². The van der Waals surface area contributed by atoms with E-state index in [1.54, 1.807) is 5.56 Å². The summed E-state index contributed by atoms with van der Waals surface area (Å²) < 4.78 is 6.06. The molecule has 0 unspecified atom stereocenters. The van der Waals surface area contributed by atoms with Gasteiger partial charge >= 0.3 is 0 Å². The van der Waals surface area contributed by atoms with Crippen molar-refractivity contribution in [1.82, 2.24) is 4.90 Å². The molecule has 3 heteroatoms. The number of ketones is 1. The molecule has 0 radical (unpaired) electrons. The van der Waals surface area contributed by atoms with E-state index in [-0.39, 0.29) is 5.41 Å². The molecule has 0 bridgehead atoms. The van der Waals surface area contributed by atoms with Crippen molar-refractivity contribution in [3.63, 3.8) is 0 Å². The number of hydrogen-bond donors (Lipinski definition) is 0. The molecule has 0 N–H and O–H groups in total. The summed E-state index contributed by atoms with van der Waals surface area (Å²) in [6, 6.07) is 17.9. The van der Waals surface area contributed by atoms with Crippen LogP contribution >= 0.6 is 0 Å². The lowest BCUT2D eigenvalue weighted by molar-refractivity contribution is -0.130. The van der Waals surface area contributed by atoms with Crippen LogP contribution in [-0.4, -0.2) is 36.9 Å². The first kappa shape index (κ1) is 22.7. The maximum Gasteiger partial charge on any atom is 0.139 e. The van der Waals surface area contributed by atoms with Crippen LogP contribution in [0.1, 0.15) is 75.0 Å². The lowest BCUT2D eigenvalue weighted by Gasteiger charge is -2.52. The molecule has 0 saturated heterocycles. The summed E-state index contributed by atoms with van der Waals surface area (Å²) in [7, 11) is 0. The number of carbonyl (C=O) groups excluding carboxylic acids is 1. The predicted octanol–water partition coefficient (Wildman–Crippen LogP) is 6.23. The lowest BCUT2D eigenvalue weighted by atomic mass is 9.51. The monoisotopic (exact) mass is 445 g/mol. The molecule has 33 heavy (non-hydrogen) atoms. The Morgan fingerprint density at radius 1 is 1.00 bits per heavy atom. The normalized spacial score (nSPS) is 30.6. The van der Waals surface area contributed by atoms with Gasteiger partial charge in [-0.1, -0.05) is 57.2 Å². The molecule has 3 nitrogen and oxygen atoms in total. The fraction of sp³-hybridized carbons (Fsp3) is 0.567. The summed E-state index contributed by atoms with van der Waals surface area (Å²) >= 11 is 0. The van der Waals surface area contributed by atoms with Gasteiger partial charge in [0.05, 0.1) is 0 Å². The Balaban J connectivity index is 1.42. The Bertz CT molecular complexity index is 979. The van der Waals surface area contributed by atoms with Crippen molar-refractivity contribution < 1.29 is 9.53 Å². The number of benzene rings is 2. The Kier molecular flexibility index (Phi) is 6.35. The van der Waals surface area contributed by atoms with Crippen LogP contribution in [0.15, 0.2) is 48.5 Å². The molecule has 5 rings (SSSR count). The number of hydrogen-bond acceptors (Lipinski definition) is 3. The predicted molar refractivity (Wildman–Crippen MR) is 134 cm³/mol. The van der Waals surface area contributed by atoms with Crippen LogP contribution in [-0.2, 0) is 11.2 Å². The van der Waals surface area contributed by atoms with Crippen LogP contribution in [0.25, 0.3) is 0 Å². The van der Waals surface area contributed by atoms with Crippen LogP contribution in [0.2, 0.25) is 0 Å². The van der Waals surface area contributed by atoms with Crippen LogP contribution < -0.4 is 4.74 Å². The second-order valence-electron chi connectivity index (χ2n) is 10.7. The van der Waals surface area contributed by atoms with E-state index in [1.165, 1.54) is 17.5 Å². The second kappa shape index (κ2) is 9.25. The minimum absolute atomic E-state index is 0.156. The molecular weight excluding hydrogens is 406 g/mol. The number of carbonyl (C=O) groups is 1. The number of fused-ring (bicyclic) bond motifs is 5. The molecule has 2 fully saturated rings. The third kappa shape index (κ3) is 4.03. The molecule has 2 saturated carbocycles. The number of aryl methyl sites for hydroxylation is 1. The summed E-state index contributed by atoms with van der Waals surface area (Å²) in [5.74, 6) is 3.52. The van der Waals surface area contributed by atoms with E-state index in [0.717, 1.165) is 57.7 Å². The Morgan fingerprint density at radius 2 is 1.76 bits per heavy atom. The Hall–Kier alpha value is -2.13. The van der Waals surface area contributed by atoms with Crippen LogP contribution in [0.3, 0.4) is 0 Å². The molecule has 3 aliphatic carbocycles. The molecule has 2 aromatic carbocycles. The zero-order chi connectivity index (χ0) is 23.0. The van der Waals surface area contributed by atoms with E-state index in [1.807, 2.05) is 0 Å². The fourth-order valence-corrected chi connectivity index (χ4v) is 7.39. The number of rotatable bonds is 7. The molecular formula is C30H39NO2. The zero-order valence-electron chi connectivity index (χ0n) is 20.6. The molecule has 0 heterocycles. The van der Waals surface area contributed by atoms with E-state index in [9.17, 15) is 4.79 Å². The van der Waals surface area contributed by atoms with Crippen molar-refractivity contribution >= 4 is 5.78 Å². The van der Waals surface area contributed by atoms with Crippen molar-refractivity contribution in [3.05, 3.63) is 65.2 Å². The van der Waals surface area contributed by atoms with Gasteiger partial charge in [-0.15, -0.1) is 0 Å². The molecule has 0 aromatic heterocycles. The molecule has 0 aliphatic heterocycles. The Morgan fingerprint density at radius 3 is 2.52 bits per heavy atom. The standard InChI is InChI=1S/C30H39NO2/c1-4-31(5-2)18-19-33-23-13-10-22(11-14-23)26-20-30(3)27(16-17-28(30)32)25-15-12-21-8-6-7-9-24(21)29(25)26/h6-11,13-14,25-27,29H,4-5,12,15-20H2,1-3H3/t25-,26+,27-,29+,30-/m0/s1. The van der Waals surface area contributed by atoms with Gasteiger partial charge in [0.15, 0.2) is 0 Å². The molecule has 5 atom stereocenters. The van der Waals surface area contributed by atoms with Crippen LogP contribution in [0.4, 0.5) is 0 Å². The van der Waals surface area contributed by atoms with Gasteiger partial charge in [-0.25, -0.2) is 0 Å². The highest BCUT2D eigenvalue weighted by atomic mass is 16.5. The van der Waals surface area contributed by atoms with Gasteiger partial charge in [-0.3, -0.25) is 4.79 Å². The average Bonchev–Trinajstić information content (AvgIpc) is 3.15. The molecule has 0 amide bonds. The van der Waals surface area contributed by atoms with E-state index in [0.29, 0.717) is 29.5 Å². The first-order valence-corrected chi connectivity index (χ1v) is 13.1. The maximum absolute atomic E-state index is 13.1. The SMILES string of the molecule is CCN(CC)CCOc1ccc([C@H]2C[C@]3(C)C(=O)CC[C@H]3[C@@H]3CCc4ccccc4[C@H]32)cc1. The van der Waals surface area contributed by atoms with Crippen LogP contribution in [0, 0.1) is 17.3 Å². The highest BCUT2D eigenvalue weighted by Gasteiger charge is 2.57. The van der Waals surface area contributed by atoms with Gasteiger partial charge < -0.3 is 9.64 Å². The third-order valence-corrected chi connectivity index (χ3v) is 9.23. The number of likely N-dealkylation sites (N-methyl/N-ethyl adjacent to an activating group) is 1. The minimum Gasteiger partial charge on any atom is -0.492 e.